The molecule has 0 aliphatic rings. The third-order valence-corrected chi connectivity index (χ3v) is 2.02. The molecule has 0 fully saturated rings. The van der Waals surface area contributed by atoms with Crippen molar-refractivity contribution in [2.75, 3.05) is 13.1 Å². The van der Waals surface area contributed by atoms with E-state index in [9.17, 15) is 4.79 Å². The molecule has 95 valence electrons. The van der Waals surface area contributed by atoms with Gasteiger partial charge < -0.3 is 10.1 Å². The monoisotopic (exact) mass is 229 g/mol. The van der Waals surface area contributed by atoms with E-state index in [0.717, 1.165) is 32.1 Å². The van der Waals surface area contributed by atoms with Gasteiger partial charge in [0.05, 0.1) is 0 Å². The number of alkyl carbamates (subject to hydrolysis) is 1. The predicted molar refractivity (Wildman–Crippen MR) is 65.3 cm³/mol. The van der Waals surface area contributed by atoms with Crippen LogP contribution in [0.25, 0.3) is 0 Å². The molecule has 0 saturated heterocycles. The van der Waals surface area contributed by atoms with Gasteiger partial charge in [-0.05, 0) is 33.6 Å². The Bertz CT molecular complexity index is 188. The first-order chi connectivity index (χ1) is 7.45. The van der Waals surface area contributed by atoms with Gasteiger partial charge in [-0.25, -0.2) is 4.79 Å². The van der Waals surface area contributed by atoms with Gasteiger partial charge >= 0.3 is 6.09 Å². The Morgan fingerprint density at radius 2 is 1.69 bits per heavy atom. The lowest BCUT2D eigenvalue weighted by Gasteiger charge is -2.19. The van der Waals surface area contributed by atoms with E-state index < -0.39 is 5.60 Å². The van der Waals surface area contributed by atoms with Crippen LogP contribution < -0.4 is 11.1 Å². The highest BCUT2D eigenvalue weighted by atomic mass is 16.6. The molecule has 0 unspecified atom stereocenters. The lowest BCUT2D eigenvalue weighted by atomic mass is 10.1. The average Bonchev–Trinajstić information content (AvgIpc) is 2.13. The van der Waals surface area contributed by atoms with E-state index in [4.69, 9.17) is 10.5 Å². The molecular weight excluding hydrogens is 204 g/mol. The van der Waals surface area contributed by atoms with Crippen molar-refractivity contribution in [3.8, 4) is 0 Å². The van der Waals surface area contributed by atoms with Crippen molar-refractivity contribution in [2.45, 2.75) is 58.5 Å². The van der Waals surface area contributed by atoms with Gasteiger partial charge in [0.1, 0.15) is 5.60 Å². The van der Waals surface area contributed by atoms with Crippen LogP contribution in [0.3, 0.4) is 0 Å². The summed E-state index contributed by atoms with van der Waals surface area (Å²) in [6.45, 7) is 6.76. The first-order valence-electron chi connectivity index (χ1n) is 6.07. The molecule has 1 amide bonds. The van der Waals surface area contributed by atoms with E-state index in [0.29, 0.717) is 13.1 Å². The van der Waals surface area contributed by atoms with Crippen molar-refractivity contribution in [1.29, 1.82) is 0 Å². The van der Waals surface area contributed by atoms with Crippen LogP contribution in [0.15, 0.2) is 0 Å². The minimum absolute atomic E-state index is 0.335. The van der Waals surface area contributed by atoms with E-state index in [1.54, 1.807) is 0 Å². The Hall–Kier alpha value is -0.770. The third kappa shape index (κ3) is 11.3. The fourth-order valence-electron chi connectivity index (χ4n) is 1.28. The molecular formula is C12H25N2O2. The zero-order valence-corrected chi connectivity index (χ0v) is 10.8. The van der Waals surface area contributed by atoms with Crippen LogP contribution in [0.5, 0.6) is 0 Å². The maximum absolute atomic E-state index is 11.2. The summed E-state index contributed by atoms with van der Waals surface area (Å²) < 4.78 is 5.11. The highest BCUT2D eigenvalue weighted by molar-refractivity contribution is 5.67. The SMILES string of the molecule is CC(C)(C)OC(=O)NCCCCCCC[NH]. The molecule has 4 nitrogen and oxygen atoms in total. The fraction of sp³-hybridized carbons (Fsp3) is 0.917. The zero-order chi connectivity index (χ0) is 12.4. The lowest BCUT2D eigenvalue weighted by Crippen LogP contribution is -2.32. The summed E-state index contributed by atoms with van der Waals surface area (Å²) in [6, 6.07) is 0. The second-order valence-electron chi connectivity index (χ2n) is 4.95. The molecule has 0 atom stereocenters. The topological polar surface area (TPSA) is 62.1 Å². The number of hydrogen-bond donors (Lipinski definition) is 1. The molecule has 0 bridgehead atoms. The minimum atomic E-state index is -0.418. The second-order valence-corrected chi connectivity index (χ2v) is 4.95. The third-order valence-electron chi connectivity index (χ3n) is 2.02. The first kappa shape index (κ1) is 15.2. The quantitative estimate of drug-likeness (QED) is 0.682. The molecule has 4 heteroatoms. The average molecular weight is 229 g/mol. The van der Waals surface area contributed by atoms with Crippen molar-refractivity contribution in [1.82, 2.24) is 11.1 Å². The number of rotatable bonds is 7. The van der Waals surface area contributed by atoms with Crippen LogP contribution >= 0.6 is 0 Å². The molecule has 0 rings (SSSR count). The van der Waals surface area contributed by atoms with Crippen molar-refractivity contribution in [2.24, 2.45) is 0 Å². The summed E-state index contributed by atoms with van der Waals surface area (Å²) in [4.78, 5) is 11.2. The van der Waals surface area contributed by atoms with Gasteiger partial charge in [-0.15, -0.1) is 0 Å². The summed E-state index contributed by atoms with van der Waals surface area (Å²) in [5.41, 5.74) is 6.57. The second kappa shape index (κ2) is 8.39. The van der Waals surface area contributed by atoms with Crippen molar-refractivity contribution in [3.05, 3.63) is 0 Å². The smallest absolute Gasteiger partial charge is 0.407 e. The lowest BCUT2D eigenvalue weighted by molar-refractivity contribution is 0.0527. The van der Waals surface area contributed by atoms with Gasteiger partial charge in [-0.3, -0.25) is 5.73 Å². The molecule has 0 aromatic rings. The Morgan fingerprint density at radius 1 is 1.12 bits per heavy atom. The minimum Gasteiger partial charge on any atom is -0.444 e. The Kier molecular flexibility index (Phi) is 7.99. The number of ether oxygens (including phenoxy) is 1. The van der Waals surface area contributed by atoms with Crippen LogP contribution in [-0.2, 0) is 4.74 Å². The van der Waals surface area contributed by atoms with Gasteiger partial charge in [-0.2, -0.15) is 0 Å². The van der Waals surface area contributed by atoms with Crippen LogP contribution in [-0.4, -0.2) is 24.8 Å². The molecule has 0 aliphatic heterocycles. The van der Waals surface area contributed by atoms with Crippen LogP contribution in [0, 0.1) is 0 Å². The largest absolute Gasteiger partial charge is 0.444 e. The Morgan fingerprint density at radius 3 is 2.25 bits per heavy atom. The summed E-state index contributed by atoms with van der Waals surface area (Å²) in [6.07, 6.45) is 5.01. The molecule has 0 saturated carbocycles. The van der Waals surface area contributed by atoms with Gasteiger partial charge in [0.15, 0.2) is 0 Å². The Balaban J connectivity index is 3.28. The molecule has 0 heterocycles. The molecule has 16 heavy (non-hydrogen) atoms. The normalized spacial score (nSPS) is 11.2. The number of unbranched alkanes of at least 4 members (excludes halogenated alkanes) is 4. The van der Waals surface area contributed by atoms with Gasteiger partial charge in [-0.1, -0.05) is 19.3 Å². The van der Waals surface area contributed by atoms with Gasteiger partial charge in [0.25, 0.3) is 0 Å². The van der Waals surface area contributed by atoms with Crippen molar-refractivity contribution >= 4 is 6.09 Å². The van der Waals surface area contributed by atoms with Crippen LogP contribution in [0.2, 0.25) is 0 Å². The first-order valence-corrected chi connectivity index (χ1v) is 6.07. The number of carbonyl (C=O) groups excluding carboxylic acids is 1. The number of hydrogen-bond acceptors (Lipinski definition) is 2. The highest BCUT2D eigenvalue weighted by Crippen LogP contribution is 2.06. The summed E-state index contributed by atoms with van der Waals surface area (Å²) in [7, 11) is 0. The van der Waals surface area contributed by atoms with E-state index in [1.165, 1.54) is 0 Å². The molecule has 2 N–H and O–H groups in total. The fourth-order valence-corrected chi connectivity index (χ4v) is 1.28. The van der Waals surface area contributed by atoms with Crippen molar-refractivity contribution < 1.29 is 9.53 Å². The highest BCUT2D eigenvalue weighted by Gasteiger charge is 2.15. The maximum Gasteiger partial charge on any atom is 0.407 e. The predicted octanol–water partition coefficient (Wildman–Crippen LogP) is 2.74. The molecule has 0 aromatic carbocycles. The van der Waals surface area contributed by atoms with Crippen molar-refractivity contribution in [3.63, 3.8) is 0 Å². The number of nitrogens with one attached hydrogen (secondary N) is 2. The number of carbonyl (C=O) groups is 1. The molecule has 0 aliphatic carbocycles. The van der Waals surface area contributed by atoms with E-state index in [-0.39, 0.29) is 6.09 Å². The zero-order valence-electron chi connectivity index (χ0n) is 10.8. The molecule has 0 aromatic heterocycles. The van der Waals surface area contributed by atoms with Gasteiger partial charge in [0.2, 0.25) is 0 Å². The van der Waals surface area contributed by atoms with Gasteiger partial charge in [0, 0.05) is 13.1 Å². The summed E-state index contributed by atoms with van der Waals surface area (Å²) in [5.74, 6) is 0. The maximum atomic E-state index is 11.2. The summed E-state index contributed by atoms with van der Waals surface area (Å²) >= 11 is 0. The standard InChI is InChI=1S/C12H25N2O2/c1-12(2,3)16-11(15)14-10-8-6-4-5-7-9-13/h13H,4-10H2,1-3H3,(H,14,15). The number of amides is 1. The van der Waals surface area contributed by atoms with Crippen LogP contribution in [0.4, 0.5) is 4.79 Å². The van der Waals surface area contributed by atoms with E-state index in [1.807, 2.05) is 20.8 Å². The Labute approximate surface area is 98.9 Å². The van der Waals surface area contributed by atoms with E-state index >= 15 is 0 Å². The molecule has 0 spiro atoms. The van der Waals surface area contributed by atoms with E-state index in [2.05, 4.69) is 5.32 Å². The van der Waals surface area contributed by atoms with Crippen LogP contribution in [0.1, 0.15) is 52.9 Å². The summed E-state index contributed by atoms with van der Waals surface area (Å²) in [5, 5.41) is 2.73. The molecule has 1 radical (unpaired) electrons.